The minimum Gasteiger partial charge on any atom is -0.294 e. The van der Waals surface area contributed by atoms with Gasteiger partial charge >= 0.3 is 0 Å². The molecule has 0 aromatic heterocycles. The Labute approximate surface area is 98.7 Å². The van der Waals surface area contributed by atoms with Crippen LogP contribution in [0.1, 0.15) is 47.5 Å². The van der Waals surface area contributed by atoms with Gasteiger partial charge in [-0.2, -0.15) is 0 Å². The van der Waals surface area contributed by atoms with Crippen molar-refractivity contribution >= 4 is 5.78 Å². The molecular formula is C13H24N2O. The Morgan fingerprint density at radius 3 is 2.44 bits per heavy atom. The van der Waals surface area contributed by atoms with E-state index in [0.29, 0.717) is 0 Å². The largest absolute Gasteiger partial charge is 0.294 e. The first-order valence-corrected chi connectivity index (χ1v) is 5.95. The third-order valence-corrected chi connectivity index (χ3v) is 3.84. The maximum atomic E-state index is 12.0. The van der Waals surface area contributed by atoms with Crippen molar-refractivity contribution in [1.82, 2.24) is 5.01 Å². The molecule has 0 aromatic carbocycles. The van der Waals surface area contributed by atoms with Gasteiger partial charge in [0.1, 0.15) is 0 Å². The minimum atomic E-state index is -0.279. The fourth-order valence-corrected chi connectivity index (χ4v) is 2.69. The predicted molar refractivity (Wildman–Crippen MR) is 66.7 cm³/mol. The zero-order chi connectivity index (χ0) is 12.6. The van der Waals surface area contributed by atoms with Gasteiger partial charge in [-0.3, -0.25) is 10.6 Å². The van der Waals surface area contributed by atoms with E-state index in [0.717, 1.165) is 12.8 Å². The minimum absolute atomic E-state index is 0.00160. The number of allylic oxidation sites excluding steroid dienone is 2. The second-order valence-electron chi connectivity index (χ2n) is 5.83. The number of nitrogens with zero attached hydrogens (tertiary/aromatic N) is 1. The molecule has 0 amide bonds. The van der Waals surface area contributed by atoms with Crippen molar-refractivity contribution in [3.8, 4) is 0 Å². The molecule has 1 heterocycles. The number of carbonyl (C=O) groups is 1. The summed E-state index contributed by atoms with van der Waals surface area (Å²) in [6, 6.07) is 0. The van der Waals surface area contributed by atoms with Gasteiger partial charge in [-0.25, -0.2) is 5.01 Å². The second-order valence-corrected chi connectivity index (χ2v) is 5.83. The van der Waals surface area contributed by atoms with Gasteiger partial charge in [0.2, 0.25) is 0 Å². The summed E-state index contributed by atoms with van der Waals surface area (Å²) in [6.45, 7) is 10.2. The van der Waals surface area contributed by atoms with Gasteiger partial charge in [0.25, 0.3) is 0 Å². The van der Waals surface area contributed by atoms with Crippen LogP contribution >= 0.6 is 0 Å². The van der Waals surface area contributed by atoms with Gasteiger partial charge in [-0.15, -0.1) is 0 Å². The van der Waals surface area contributed by atoms with E-state index in [1.54, 1.807) is 12.2 Å². The van der Waals surface area contributed by atoms with Gasteiger partial charge in [0, 0.05) is 17.0 Å². The molecule has 3 nitrogen and oxygen atoms in total. The summed E-state index contributed by atoms with van der Waals surface area (Å²) in [7, 11) is 0. The Bertz CT molecular complexity index is 305. The van der Waals surface area contributed by atoms with E-state index in [1.807, 2.05) is 11.9 Å². The standard InChI is InChI=1S/C13H24N2O/c1-6-7-11(16)10-8-9-12(2,3)15(14)13(10,4)5/h6-7,10H,8-9,14H2,1-5H3/b7-6+. The van der Waals surface area contributed by atoms with Gasteiger partial charge < -0.3 is 0 Å². The van der Waals surface area contributed by atoms with Gasteiger partial charge in [0.05, 0.1) is 0 Å². The van der Waals surface area contributed by atoms with Crippen LogP contribution in [0.3, 0.4) is 0 Å². The number of ketones is 1. The van der Waals surface area contributed by atoms with Crippen LogP contribution in [0.4, 0.5) is 0 Å². The third kappa shape index (κ3) is 2.20. The molecule has 0 spiro atoms. The lowest BCUT2D eigenvalue weighted by Gasteiger charge is -2.53. The molecule has 0 saturated carbocycles. The highest BCUT2D eigenvalue weighted by Gasteiger charge is 2.47. The quantitative estimate of drug-likeness (QED) is 0.578. The van der Waals surface area contributed by atoms with E-state index in [-0.39, 0.29) is 22.8 Å². The highest BCUT2D eigenvalue weighted by atomic mass is 16.1. The van der Waals surface area contributed by atoms with E-state index in [1.165, 1.54) is 0 Å². The molecule has 1 fully saturated rings. The Morgan fingerprint density at radius 1 is 1.38 bits per heavy atom. The third-order valence-electron chi connectivity index (χ3n) is 3.84. The van der Waals surface area contributed by atoms with Crippen LogP contribution in [0.2, 0.25) is 0 Å². The molecule has 1 rings (SSSR count). The number of hydrazine groups is 1. The van der Waals surface area contributed by atoms with Gasteiger partial charge in [-0.05, 0) is 53.5 Å². The van der Waals surface area contributed by atoms with Crippen molar-refractivity contribution < 1.29 is 4.79 Å². The zero-order valence-corrected chi connectivity index (χ0v) is 11.1. The fraction of sp³-hybridized carbons (Fsp3) is 0.769. The highest BCUT2D eigenvalue weighted by molar-refractivity contribution is 5.92. The maximum absolute atomic E-state index is 12.0. The molecular weight excluding hydrogens is 200 g/mol. The second kappa shape index (κ2) is 4.30. The van der Waals surface area contributed by atoms with Crippen molar-refractivity contribution in [2.45, 2.75) is 58.5 Å². The monoisotopic (exact) mass is 224 g/mol. The van der Waals surface area contributed by atoms with Gasteiger partial charge in [-0.1, -0.05) is 6.08 Å². The number of carbonyl (C=O) groups excluding carboxylic acids is 1. The molecule has 1 unspecified atom stereocenters. The summed E-state index contributed by atoms with van der Waals surface area (Å²) >= 11 is 0. The Morgan fingerprint density at radius 2 is 1.94 bits per heavy atom. The van der Waals surface area contributed by atoms with Crippen molar-refractivity contribution in [2.75, 3.05) is 0 Å². The molecule has 1 atom stereocenters. The maximum Gasteiger partial charge on any atom is 0.160 e. The smallest absolute Gasteiger partial charge is 0.160 e. The molecule has 0 bridgehead atoms. The lowest BCUT2D eigenvalue weighted by Crippen LogP contribution is -2.66. The number of rotatable bonds is 2. The van der Waals surface area contributed by atoms with Crippen molar-refractivity contribution in [3.05, 3.63) is 12.2 Å². The number of hydrogen-bond acceptors (Lipinski definition) is 3. The topological polar surface area (TPSA) is 46.3 Å². The van der Waals surface area contributed by atoms with Crippen molar-refractivity contribution in [1.29, 1.82) is 0 Å². The lowest BCUT2D eigenvalue weighted by atomic mass is 9.72. The van der Waals surface area contributed by atoms with E-state index in [9.17, 15) is 4.79 Å². The fourth-order valence-electron chi connectivity index (χ4n) is 2.69. The normalized spacial score (nSPS) is 29.5. The average molecular weight is 224 g/mol. The SMILES string of the molecule is C/C=C/C(=O)C1CCC(C)(C)N(N)C1(C)C. The molecule has 3 heteroatoms. The summed E-state index contributed by atoms with van der Waals surface area (Å²) in [4.78, 5) is 12.0. The first-order valence-electron chi connectivity index (χ1n) is 5.95. The van der Waals surface area contributed by atoms with Crippen LogP contribution < -0.4 is 5.84 Å². The van der Waals surface area contributed by atoms with E-state index in [2.05, 4.69) is 27.7 Å². The highest BCUT2D eigenvalue weighted by Crippen LogP contribution is 2.40. The van der Waals surface area contributed by atoms with Crippen LogP contribution in [-0.4, -0.2) is 21.9 Å². The lowest BCUT2D eigenvalue weighted by molar-refractivity contribution is -0.132. The molecule has 92 valence electrons. The molecule has 16 heavy (non-hydrogen) atoms. The molecule has 1 aliphatic heterocycles. The number of nitrogens with two attached hydrogens (primary N) is 1. The average Bonchev–Trinajstić information content (AvgIpc) is 2.15. The number of piperidine rings is 1. The molecule has 2 N–H and O–H groups in total. The zero-order valence-electron chi connectivity index (χ0n) is 11.1. The molecule has 0 aromatic rings. The molecule has 1 aliphatic rings. The molecule has 0 radical (unpaired) electrons. The summed E-state index contributed by atoms with van der Waals surface area (Å²) in [5, 5.41) is 1.86. The molecule has 0 aliphatic carbocycles. The first kappa shape index (κ1) is 13.4. The van der Waals surface area contributed by atoms with Crippen LogP contribution in [0.5, 0.6) is 0 Å². The summed E-state index contributed by atoms with van der Waals surface area (Å²) in [5.74, 6) is 6.37. The number of hydrogen-bond donors (Lipinski definition) is 1. The van der Waals surface area contributed by atoms with E-state index in [4.69, 9.17) is 5.84 Å². The van der Waals surface area contributed by atoms with Crippen LogP contribution in [0.15, 0.2) is 12.2 Å². The van der Waals surface area contributed by atoms with E-state index < -0.39 is 0 Å². The van der Waals surface area contributed by atoms with Crippen LogP contribution in [0, 0.1) is 5.92 Å². The van der Waals surface area contributed by atoms with Crippen LogP contribution in [0.25, 0.3) is 0 Å². The summed E-state index contributed by atoms with van der Waals surface area (Å²) < 4.78 is 0. The Hall–Kier alpha value is -0.670. The summed E-state index contributed by atoms with van der Waals surface area (Å²) in [6.07, 6.45) is 5.34. The molecule has 1 saturated heterocycles. The van der Waals surface area contributed by atoms with Crippen molar-refractivity contribution in [2.24, 2.45) is 11.8 Å². The van der Waals surface area contributed by atoms with E-state index >= 15 is 0 Å². The van der Waals surface area contributed by atoms with Gasteiger partial charge in [0.15, 0.2) is 5.78 Å². The summed E-state index contributed by atoms with van der Waals surface area (Å²) in [5.41, 5.74) is -0.311. The van der Waals surface area contributed by atoms with Crippen LogP contribution in [-0.2, 0) is 4.79 Å². The Kier molecular flexibility index (Phi) is 3.60. The Balaban J connectivity index is 2.96. The van der Waals surface area contributed by atoms with Crippen molar-refractivity contribution in [3.63, 3.8) is 0 Å². The first-order chi connectivity index (χ1) is 7.23. The predicted octanol–water partition coefficient (Wildman–Crippen LogP) is 2.27.